The van der Waals surface area contributed by atoms with Crippen molar-refractivity contribution in [3.8, 4) is 0 Å². The van der Waals surface area contributed by atoms with Gasteiger partial charge in [0.1, 0.15) is 0 Å². The van der Waals surface area contributed by atoms with E-state index in [1.807, 2.05) is 12.1 Å². The van der Waals surface area contributed by atoms with E-state index in [2.05, 4.69) is 33.1 Å². The summed E-state index contributed by atoms with van der Waals surface area (Å²) < 4.78 is 1.03. The van der Waals surface area contributed by atoms with Crippen LogP contribution in [0.5, 0.6) is 0 Å². The largest absolute Gasteiger partial charge is 0.334 e. The highest BCUT2D eigenvalue weighted by atomic mass is 79.9. The average molecular weight is 329 g/mol. The van der Waals surface area contributed by atoms with E-state index in [-0.39, 0.29) is 5.91 Å². The molecule has 98 valence electrons. The first-order valence-corrected chi connectivity index (χ1v) is 8.08. The summed E-state index contributed by atoms with van der Waals surface area (Å²) in [7, 11) is 0. The second-order valence-electron chi connectivity index (χ2n) is 5.12. The van der Waals surface area contributed by atoms with Gasteiger partial charge in [0.15, 0.2) is 0 Å². The molecule has 2 aliphatic heterocycles. The summed E-state index contributed by atoms with van der Waals surface area (Å²) in [5.41, 5.74) is 0. The van der Waals surface area contributed by atoms with Crippen molar-refractivity contribution in [1.82, 2.24) is 10.2 Å². The molecular formula is C13H17BrN2OS. The number of fused-ring (bicyclic) bond motifs is 1. The van der Waals surface area contributed by atoms with Crippen molar-refractivity contribution < 1.29 is 4.79 Å². The number of rotatable bonds is 2. The second kappa shape index (κ2) is 4.94. The zero-order valence-electron chi connectivity index (χ0n) is 10.4. The average Bonchev–Trinajstić information content (AvgIpc) is 3.01. The van der Waals surface area contributed by atoms with E-state index < -0.39 is 0 Å². The van der Waals surface area contributed by atoms with Crippen LogP contribution in [-0.4, -0.2) is 36.5 Å². The normalized spacial score (nSPS) is 30.8. The SMILES string of the molecule is CCC1C2CNCC2CN1C(=O)c1ccc(Br)s1. The number of carbonyl (C=O) groups excluding carboxylic acids is 1. The summed E-state index contributed by atoms with van der Waals surface area (Å²) in [4.78, 5) is 15.5. The van der Waals surface area contributed by atoms with Crippen LogP contribution in [-0.2, 0) is 0 Å². The van der Waals surface area contributed by atoms with E-state index in [4.69, 9.17) is 0 Å². The molecular weight excluding hydrogens is 312 g/mol. The predicted molar refractivity (Wildman–Crippen MR) is 77.0 cm³/mol. The van der Waals surface area contributed by atoms with Crippen LogP contribution in [0.15, 0.2) is 15.9 Å². The molecule has 3 atom stereocenters. The minimum absolute atomic E-state index is 0.215. The number of nitrogens with zero attached hydrogens (tertiary/aromatic N) is 1. The first kappa shape index (κ1) is 12.6. The molecule has 1 amide bonds. The quantitative estimate of drug-likeness (QED) is 0.905. The summed E-state index contributed by atoms with van der Waals surface area (Å²) in [5.74, 6) is 1.52. The van der Waals surface area contributed by atoms with Crippen molar-refractivity contribution >= 4 is 33.2 Å². The summed E-state index contributed by atoms with van der Waals surface area (Å²) in [5, 5.41) is 3.45. The number of amides is 1. The Balaban J connectivity index is 1.81. The summed E-state index contributed by atoms with van der Waals surface area (Å²) >= 11 is 4.96. The van der Waals surface area contributed by atoms with Crippen LogP contribution >= 0.6 is 27.3 Å². The van der Waals surface area contributed by atoms with Crippen LogP contribution in [0.25, 0.3) is 0 Å². The summed E-state index contributed by atoms with van der Waals surface area (Å²) in [6.07, 6.45) is 1.06. The van der Waals surface area contributed by atoms with E-state index >= 15 is 0 Å². The lowest BCUT2D eigenvalue weighted by molar-refractivity contribution is 0.0716. The van der Waals surface area contributed by atoms with Crippen LogP contribution < -0.4 is 5.32 Å². The van der Waals surface area contributed by atoms with Gasteiger partial charge in [-0.25, -0.2) is 0 Å². The Morgan fingerprint density at radius 2 is 2.39 bits per heavy atom. The van der Waals surface area contributed by atoms with E-state index in [0.717, 1.165) is 34.7 Å². The van der Waals surface area contributed by atoms with Gasteiger partial charge in [0.2, 0.25) is 0 Å². The van der Waals surface area contributed by atoms with Gasteiger partial charge in [-0.05, 0) is 46.3 Å². The first-order chi connectivity index (χ1) is 8.70. The molecule has 1 aromatic rings. The van der Waals surface area contributed by atoms with Gasteiger partial charge in [-0.15, -0.1) is 11.3 Å². The number of carbonyl (C=O) groups is 1. The van der Waals surface area contributed by atoms with E-state index in [0.29, 0.717) is 17.9 Å². The van der Waals surface area contributed by atoms with Crippen LogP contribution in [0.3, 0.4) is 0 Å². The molecule has 2 fully saturated rings. The van der Waals surface area contributed by atoms with E-state index in [1.165, 1.54) is 11.3 Å². The van der Waals surface area contributed by atoms with E-state index in [1.54, 1.807) is 0 Å². The summed E-state index contributed by atoms with van der Waals surface area (Å²) in [6, 6.07) is 4.30. The predicted octanol–water partition coefficient (Wildman–Crippen LogP) is 2.58. The van der Waals surface area contributed by atoms with Gasteiger partial charge in [0.05, 0.1) is 8.66 Å². The molecule has 0 saturated carbocycles. The van der Waals surface area contributed by atoms with Crippen LogP contribution in [0.1, 0.15) is 23.0 Å². The fraction of sp³-hybridized carbons (Fsp3) is 0.615. The Bertz CT molecular complexity index is 462. The van der Waals surface area contributed by atoms with Crippen molar-refractivity contribution in [2.45, 2.75) is 19.4 Å². The molecule has 0 radical (unpaired) electrons. The van der Waals surface area contributed by atoms with Gasteiger partial charge >= 0.3 is 0 Å². The molecule has 0 aliphatic carbocycles. The fourth-order valence-corrected chi connectivity index (χ4v) is 4.69. The van der Waals surface area contributed by atoms with Crippen molar-refractivity contribution in [2.24, 2.45) is 11.8 Å². The standard InChI is InChI=1S/C13H17BrN2OS/c1-2-10-9-6-15-5-8(9)7-16(10)13(17)11-3-4-12(14)18-11/h3-4,8-10,15H,2,5-7H2,1H3. The highest BCUT2D eigenvalue weighted by Crippen LogP contribution is 2.36. The van der Waals surface area contributed by atoms with Crippen LogP contribution in [0, 0.1) is 11.8 Å². The maximum atomic E-state index is 12.6. The Hall–Kier alpha value is -0.390. The number of thiophene rings is 1. The Morgan fingerprint density at radius 1 is 1.56 bits per heavy atom. The third kappa shape index (κ3) is 2.02. The lowest BCUT2D eigenvalue weighted by Gasteiger charge is -2.26. The molecule has 3 heterocycles. The zero-order valence-corrected chi connectivity index (χ0v) is 12.8. The maximum Gasteiger partial charge on any atom is 0.264 e. The van der Waals surface area contributed by atoms with Crippen LogP contribution in [0.2, 0.25) is 0 Å². The third-order valence-electron chi connectivity index (χ3n) is 4.18. The lowest BCUT2D eigenvalue weighted by atomic mass is 9.93. The smallest absolute Gasteiger partial charge is 0.264 e. The second-order valence-corrected chi connectivity index (χ2v) is 7.58. The van der Waals surface area contributed by atoms with Gasteiger partial charge < -0.3 is 10.2 Å². The first-order valence-electron chi connectivity index (χ1n) is 6.47. The van der Waals surface area contributed by atoms with Gasteiger partial charge in [0.25, 0.3) is 5.91 Å². The number of nitrogens with one attached hydrogen (secondary N) is 1. The van der Waals surface area contributed by atoms with Gasteiger partial charge in [-0.3, -0.25) is 4.79 Å². The molecule has 18 heavy (non-hydrogen) atoms. The molecule has 2 aliphatic rings. The Labute approximate surface area is 120 Å². The fourth-order valence-electron chi connectivity index (χ4n) is 3.35. The van der Waals surface area contributed by atoms with Gasteiger partial charge in [0, 0.05) is 25.7 Å². The van der Waals surface area contributed by atoms with Crippen LogP contribution in [0.4, 0.5) is 0 Å². The topological polar surface area (TPSA) is 32.3 Å². The van der Waals surface area contributed by atoms with E-state index in [9.17, 15) is 4.79 Å². The molecule has 3 rings (SSSR count). The highest BCUT2D eigenvalue weighted by molar-refractivity contribution is 9.11. The van der Waals surface area contributed by atoms with Crippen molar-refractivity contribution in [2.75, 3.05) is 19.6 Å². The molecule has 0 spiro atoms. The molecule has 2 saturated heterocycles. The highest BCUT2D eigenvalue weighted by Gasteiger charge is 2.45. The minimum atomic E-state index is 0.215. The third-order valence-corrected chi connectivity index (χ3v) is 5.79. The van der Waals surface area contributed by atoms with Crippen molar-refractivity contribution in [3.05, 3.63) is 20.8 Å². The molecule has 0 bridgehead atoms. The summed E-state index contributed by atoms with van der Waals surface area (Å²) in [6.45, 7) is 5.25. The molecule has 3 unspecified atom stereocenters. The molecule has 1 N–H and O–H groups in total. The van der Waals surface area contributed by atoms with Gasteiger partial charge in [-0.1, -0.05) is 6.92 Å². The Kier molecular flexibility index (Phi) is 3.47. The van der Waals surface area contributed by atoms with Gasteiger partial charge in [-0.2, -0.15) is 0 Å². The number of hydrogen-bond donors (Lipinski definition) is 1. The number of hydrogen-bond acceptors (Lipinski definition) is 3. The number of likely N-dealkylation sites (tertiary alicyclic amines) is 1. The molecule has 1 aromatic heterocycles. The molecule has 0 aromatic carbocycles. The maximum absolute atomic E-state index is 12.6. The van der Waals surface area contributed by atoms with Crippen molar-refractivity contribution in [3.63, 3.8) is 0 Å². The monoisotopic (exact) mass is 328 g/mol. The minimum Gasteiger partial charge on any atom is -0.334 e. The number of halogens is 1. The zero-order chi connectivity index (χ0) is 12.7. The lowest BCUT2D eigenvalue weighted by Crippen LogP contribution is -2.39. The molecule has 3 nitrogen and oxygen atoms in total. The van der Waals surface area contributed by atoms with Crippen molar-refractivity contribution in [1.29, 1.82) is 0 Å². The Morgan fingerprint density at radius 3 is 3.06 bits per heavy atom. The molecule has 5 heteroatoms.